The molecule has 1 aromatic rings. The highest BCUT2D eigenvalue weighted by Gasteiger charge is 2.13. The van der Waals surface area contributed by atoms with E-state index < -0.39 is 0 Å². The zero-order valence-electron chi connectivity index (χ0n) is 7.71. The first kappa shape index (κ1) is 10.9. The van der Waals surface area contributed by atoms with Crippen molar-refractivity contribution < 1.29 is 9.21 Å². The molecule has 1 rings (SSSR count). The van der Waals surface area contributed by atoms with E-state index in [1.54, 1.807) is 6.07 Å². The van der Waals surface area contributed by atoms with Crippen molar-refractivity contribution in [3.8, 4) is 12.3 Å². The maximum atomic E-state index is 11.5. The molecular formula is C10H10BrNO2. The molecule has 1 unspecified atom stereocenters. The first-order valence-corrected chi connectivity index (χ1v) is 4.91. The normalized spacial score (nSPS) is 11.8. The Bertz CT molecular complexity index is 364. The van der Waals surface area contributed by atoms with Gasteiger partial charge in [0.2, 0.25) is 0 Å². The summed E-state index contributed by atoms with van der Waals surface area (Å²) in [4.78, 5) is 11.5. The summed E-state index contributed by atoms with van der Waals surface area (Å²) >= 11 is 3.13. The van der Waals surface area contributed by atoms with E-state index in [1.165, 1.54) is 6.26 Å². The van der Waals surface area contributed by atoms with Crippen LogP contribution in [0, 0.1) is 12.3 Å². The predicted molar refractivity (Wildman–Crippen MR) is 56.8 cm³/mol. The van der Waals surface area contributed by atoms with Gasteiger partial charge in [-0.1, -0.05) is 0 Å². The average Bonchev–Trinajstić information content (AvgIpc) is 2.51. The lowest BCUT2D eigenvalue weighted by atomic mass is 10.2. The molecule has 0 aliphatic carbocycles. The van der Waals surface area contributed by atoms with E-state index in [-0.39, 0.29) is 11.9 Å². The van der Waals surface area contributed by atoms with E-state index >= 15 is 0 Å². The van der Waals surface area contributed by atoms with Crippen molar-refractivity contribution in [1.82, 2.24) is 5.32 Å². The minimum absolute atomic E-state index is 0.0331. The molecule has 0 saturated heterocycles. The molecule has 0 radical (unpaired) electrons. The van der Waals surface area contributed by atoms with Crippen molar-refractivity contribution in [3.63, 3.8) is 0 Å². The van der Waals surface area contributed by atoms with E-state index in [9.17, 15) is 4.79 Å². The minimum Gasteiger partial charge on any atom is -0.457 e. The summed E-state index contributed by atoms with van der Waals surface area (Å²) in [5.41, 5.74) is 0.480. The van der Waals surface area contributed by atoms with Gasteiger partial charge in [0.25, 0.3) is 5.91 Å². The average molecular weight is 256 g/mol. The lowest BCUT2D eigenvalue weighted by Gasteiger charge is -2.09. The maximum absolute atomic E-state index is 11.5. The Hall–Kier alpha value is -1.21. The molecule has 0 spiro atoms. The highest BCUT2D eigenvalue weighted by molar-refractivity contribution is 9.10. The smallest absolute Gasteiger partial charge is 0.255 e. The van der Waals surface area contributed by atoms with Crippen molar-refractivity contribution in [2.24, 2.45) is 0 Å². The Morgan fingerprint density at radius 2 is 2.57 bits per heavy atom. The number of terminal acetylenes is 1. The molecule has 1 amide bonds. The molecule has 3 nitrogen and oxygen atoms in total. The van der Waals surface area contributed by atoms with Crippen LogP contribution in [0.4, 0.5) is 0 Å². The largest absolute Gasteiger partial charge is 0.457 e. The van der Waals surface area contributed by atoms with Crippen molar-refractivity contribution in [2.75, 3.05) is 0 Å². The van der Waals surface area contributed by atoms with Crippen LogP contribution >= 0.6 is 15.9 Å². The number of carbonyl (C=O) groups excluding carboxylic acids is 1. The van der Waals surface area contributed by atoms with Crippen molar-refractivity contribution >= 4 is 21.8 Å². The number of nitrogens with one attached hydrogen (secondary N) is 1. The van der Waals surface area contributed by atoms with Gasteiger partial charge in [-0.3, -0.25) is 4.79 Å². The van der Waals surface area contributed by atoms with Gasteiger partial charge in [0.15, 0.2) is 4.67 Å². The summed E-state index contributed by atoms with van der Waals surface area (Å²) in [6.45, 7) is 1.85. The van der Waals surface area contributed by atoms with E-state index in [2.05, 4.69) is 27.2 Å². The van der Waals surface area contributed by atoms with Crippen molar-refractivity contribution in [1.29, 1.82) is 0 Å². The van der Waals surface area contributed by atoms with Gasteiger partial charge in [-0.2, -0.15) is 0 Å². The Morgan fingerprint density at radius 3 is 3.07 bits per heavy atom. The highest BCUT2D eigenvalue weighted by Crippen LogP contribution is 2.17. The molecule has 1 heterocycles. The SMILES string of the molecule is C#CCC(C)NC(=O)c1ccoc1Br. The second-order valence-corrected chi connectivity index (χ2v) is 3.61. The van der Waals surface area contributed by atoms with Crippen molar-refractivity contribution in [3.05, 3.63) is 22.6 Å². The van der Waals surface area contributed by atoms with Crippen LogP contribution in [0.25, 0.3) is 0 Å². The molecule has 14 heavy (non-hydrogen) atoms. The van der Waals surface area contributed by atoms with Gasteiger partial charge in [-0.15, -0.1) is 12.3 Å². The van der Waals surface area contributed by atoms with Gasteiger partial charge in [-0.25, -0.2) is 0 Å². The monoisotopic (exact) mass is 255 g/mol. The third-order valence-electron chi connectivity index (χ3n) is 1.66. The van der Waals surface area contributed by atoms with E-state index in [4.69, 9.17) is 10.8 Å². The first-order chi connectivity index (χ1) is 6.65. The first-order valence-electron chi connectivity index (χ1n) is 4.12. The van der Waals surface area contributed by atoms with E-state index in [1.807, 2.05) is 6.92 Å². The number of halogens is 1. The molecule has 0 aliphatic rings. The molecular weight excluding hydrogens is 246 g/mol. The zero-order valence-corrected chi connectivity index (χ0v) is 9.30. The van der Waals surface area contributed by atoms with Gasteiger partial charge in [0.1, 0.15) is 0 Å². The number of amides is 1. The van der Waals surface area contributed by atoms with Crippen LogP contribution in [0.15, 0.2) is 21.4 Å². The lowest BCUT2D eigenvalue weighted by molar-refractivity contribution is 0.0939. The third-order valence-corrected chi connectivity index (χ3v) is 2.28. The van der Waals surface area contributed by atoms with Crippen LogP contribution in [0.5, 0.6) is 0 Å². The molecule has 1 atom stereocenters. The fourth-order valence-electron chi connectivity index (χ4n) is 0.985. The van der Waals surface area contributed by atoms with Crippen molar-refractivity contribution in [2.45, 2.75) is 19.4 Å². The predicted octanol–water partition coefficient (Wildman–Crippen LogP) is 2.18. The molecule has 4 heteroatoms. The van der Waals surface area contributed by atoms with E-state index in [0.717, 1.165) is 0 Å². The van der Waals surface area contributed by atoms with Gasteiger partial charge in [-0.05, 0) is 28.9 Å². The minimum atomic E-state index is -0.187. The van der Waals surface area contributed by atoms with Crippen LogP contribution in [-0.4, -0.2) is 11.9 Å². The van der Waals surface area contributed by atoms with Crippen LogP contribution < -0.4 is 5.32 Å². The second-order valence-electron chi connectivity index (χ2n) is 2.89. The standard InChI is InChI=1S/C10H10BrNO2/c1-3-4-7(2)12-10(13)8-5-6-14-9(8)11/h1,5-7H,4H2,2H3,(H,12,13). The molecule has 0 fully saturated rings. The van der Waals surface area contributed by atoms with Crippen LogP contribution in [0.2, 0.25) is 0 Å². The van der Waals surface area contributed by atoms with E-state index in [0.29, 0.717) is 16.7 Å². The summed E-state index contributed by atoms with van der Waals surface area (Å²) in [7, 11) is 0. The number of furan rings is 1. The fourth-order valence-corrected chi connectivity index (χ4v) is 1.41. The quantitative estimate of drug-likeness (QED) is 0.842. The summed E-state index contributed by atoms with van der Waals surface area (Å²) in [5.74, 6) is 2.30. The number of hydrogen-bond donors (Lipinski definition) is 1. The Labute approximate surface area is 91.0 Å². The molecule has 0 bridgehead atoms. The summed E-state index contributed by atoms with van der Waals surface area (Å²) in [6.07, 6.45) is 7.09. The van der Waals surface area contributed by atoms with Crippen LogP contribution in [0.1, 0.15) is 23.7 Å². The molecule has 0 aromatic carbocycles. The number of rotatable bonds is 3. The lowest BCUT2D eigenvalue weighted by Crippen LogP contribution is -2.32. The number of carbonyl (C=O) groups is 1. The third kappa shape index (κ3) is 2.64. The van der Waals surface area contributed by atoms with Gasteiger partial charge < -0.3 is 9.73 Å². The highest BCUT2D eigenvalue weighted by atomic mass is 79.9. The Kier molecular flexibility index (Phi) is 3.78. The summed E-state index contributed by atoms with van der Waals surface area (Å²) < 4.78 is 5.38. The summed E-state index contributed by atoms with van der Waals surface area (Å²) in [5, 5.41) is 2.75. The Balaban J connectivity index is 2.60. The van der Waals surface area contributed by atoms with Gasteiger partial charge in [0, 0.05) is 12.5 Å². The molecule has 0 aliphatic heterocycles. The molecule has 1 N–H and O–H groups in total. The maximum Gasteiger partial charge on any atom is 0.255 e. The van der Waals surface area contributed by atoms with Gasteiger partial charge in [0.05, 0.1) is 11.8 Å². The topological polar surface area (TPSA) is 42.2 Å². The zero-order chi connectivity index (χ0) is 10.6. The van der Waals surface area contributed by atoms with Gasteiger partial charge >= 0.3 is 0 Å². The fraction of sp³-hybridized carbons (Fsp3) is 0.300. The second kappa shape index (κ2) is 4.87. The molecule has 74 valence electrons. The number of hydrogen-bond acceptors (Lipinski definition) is 2. The molecule has 1 aromatic heterocycles. The Morgan fingerprint density at radius 1 is 1.86 bits per heavy atom. The molecule has 0 saturated carbocycles. The summed E-state index contributed by atoms with van der Waals surface area (Å²) in [6, 6.07) is 1.57. The van der Waals surface area contributed by atoms with Crippen LogP contribution in [0.3, 0.4) is 0 Å². The van der Waals surface area contributed by atoms with Crippen LogP contribution in [-0.2, 0) is 0 Å².